The van der Waals surface area contributed by atoms with Crippen LogP contribution in [0.2, 0.25) is 28.2 Å². The van der Waals surface area contributed by atoms with Gasteiger partial charge in [-0.3, -0.25) is 0 Å². The van der Waals surface area contributed by atoms with Crippen molar-refractivity contribution in [1.82, 2.24) is 5.32 Å². The molecule has 0 heterocycles. The van der Waals surface area contributed by atoms with Gasteiger partial charge in [-0.2, -0.15) is 11.8 Å². The van der Waals surface area contributed by atoms with E-state index >= 15 is 0 Å². The summed E-state index contributed by atoms with van der Waals surface area (Å²) in [5.74, 6) is 0. The third-order valence-corrected chi connectivity index (χ3v) is 13.2. The van der Waals surface area contributed by atoms with Gasteiger partial charge in [0.25, 0.3) is 0 Å². The molecule has 0 saturated carbocycles. The molecule has 0 aliphatic rings. The van der Waals surface area contributed by atoms with Crippen LogP contribution in [-0.2, 0) is 4.43 Å². The van der Waals surface area contributed by atoms with Gasteiger partial charge in [-0.25, -0.2) is 0 Å². The summed E-state index contributed by atoms with van der Waals surface area (Å²) in [4.78, 5) is 0. The molecule has 0 aliphatic heterocycles. The van der Waals surface area contributed by atoms with Crippen molar-refractivity contribution in [2.24, 2.45) is 0 Å². The van der Waals surface area contributed by atoms with Crippen molar-refractivity contribution in [1.29, 1.82) is 0 Å². The molecule has 1 N–H and O–H groups in total. The first-order valence-electron chi connectivity index (χ1n) is 12.7. The Hall–Kier alpha value is -0.493. The Kier molecular flexibility index (Phi) is 10.9. The number of rotatable bonds is 10. The molecule has 4 atom stereocenters. The zero-order valence-corrected chi connectivity index (χ0v) is 26.5. The van der Waals surface area contributed by atoms with Crippen LogP contribution in [0.4, 0.5) is 0 Å². The van der Waals surface area contributed by atoms with Gasteiger partial charge in [0.15, 0.2) is 8.32 Å². The molecule has 0 fully saturated rings. The standard InChI is InChI=1S/C29H45Cl2NOSSi/c1-11-25(20(2)34-28(3,4)5)32-26(21-15-17-23(30)18-16-21)27(22-13-12-14-24(31)19-22)33-35(9,10)29(6,7)8/h12-20,25-27,32H,11H2,1-10H3/t20-,25-,26+,27+/m0/s1. The van der Waals surface area contributed by atoms with Crippen LogP contribution in [0.15, 0.2) is 48.5 Å². The Balaban J connectivity index is 2.61. The van der Waals surface area contributed by atoms with E-state index in [2.05, 4.69) is 98.1 Å². The summed E-state index contributed by atoms with van der Waals surface area (Å²) < 4.78 is 7.38. The zero-order valence-electron chi connectivity index (χ0n) is 23.2. The molecule has 2 rings (SSSR count). The minimum atomic E-state index is -2.12. The van der Waals surface area contributed by atoms with Gasteiger partial charge in [0.05, 0.1) is 12.1 Å². The Labute approximate surface area is 230 Å². The second-order valence-corrected chi connectivity index (χ2v) is 19.8. The highest BCUT2D eigenvalue weighted by Crippen LogP contribution is 2.44. The molecule has 6 heteroatoms. The van der Waals surface area contributed by atoms with Crippen molar-refractivity contribution in [3.63, 3.8) is 0 Å². The molecule has 0 bridgehead atoms. The molecular weight excluding hydrogens is 509 g/mol. The van der Waals surface area contributed by atoms with Gasteiger partial charge in [0, 0.05) is 26.1 Å². The molecule has 0 amide bonds. The molecule has 0 spiro atoms. The molecular formula is C29H45Cl2NOSSi. The molecule has 2 nitrogen and oxygen atoms in total. The smallest absolute Gasteiger partial charge is 0.193 e. The van der Waals surface area contributed by atoms with Gasteiger partial charge in [-0.1, -0.05) is 103 Å². The van der Waals surface area contributed by atoms with E-state index in [-0.39, 0.29) is 21.9 Å². The number of thioether (sulfide) groups is 1. The fraction of sp³-hybridized carbons (Fsp3) is 0.586. The molecule has 2 aromatic rings. The van der Waals surface area contributed by atoms with Crippen molar-refractivity contribution in [2.45, 2.75) is 108 Å². The maximum absolute atomic E-state index is 7.19. The van der Waals surface area contributed by atoms with Crippen LogP contribution in [0, 0.1) is 0 Å². The molecule has 0 saturated heterocycles. The summed E-state index contributed by atoms with van der Waals surface area (Å²) in [7, 11) is -2.12. The van der Waals surface area contributed by atoms with Crippen molar-refractivity contribution < 1.29 is 4.43 Å². The highest BCUT2D eigenvalue weighted by Gasteiger charge is 2.42. The predicted molar refractivity (Wildman–Crippen MR) is 161 cm³/mol. The SMILES string of the molecule is CC[C@H](N[C@H](c1ccc(Cl)cc1)[C@H](O[Si](C)(C)C(C)(C)C)c1cccc(Cl)c1)[C@H](C)SC(C)(C)C. The van der Waals surface area contributed by atoms with Crippen LogP contribution in [-0.4, -0.2) is 24.4 Å². The normalized spacial score (nSPS) is 16.6. The summed E-state index contributed by atoms with van der Waals surface area (Å²) in [6, 6.07) is 16.6. The second kappa shape index (κ2) is 12.4. The lowest BCUT2D eigenvalue weighted by atomic mass is 9.94. The summed E-state index contributed by atoms with van der Waals surface area (Å²) in [5.41, 5.74) is 2.27. The summed E-state index contributed by atoms with van der Waals surface area (Å²) in [6.45, 7) is 22.9. The average Bonchev–Trinajstić information content (AvgIpc) is 2.72. The number of hydrogen-bond donors (Lipinski definition) is 1. The molecule has 196 valence electrons. The molecule has 35 heavy (non-hydrogen) atoms. The molecule has 0 aromatic heterocycles. The van der Waals surface area contributed by atoms with E-state index in [9.17, 15) is 0 Å². The van der Waals surface area contributed by atoms with Gasteiger partial charge in [0.1, 0.15) is 0 Å². The van der Waals surface area contributed by atoms with Crippen LogP contribution in [0.5, 0.6) is 0 Å². The van der Waals surface area contributed by atoms with E-state index in [0.717, 1.165) is 22.0 Å². The van der Waals surface area contributed by atoms with Gasteiger partial charge >= 0.3 is 0 Å². The van der Waals surface area contributed by atoms with Crippen LogP contribution in [0.1, 0.15) is 85.1 Å². The lowest BCUT2D eigenvalue weighted by Crippen LogP contribution is -2.47. The Bertz CT molecular complexity index is 937. The summed E-state index contributed by atoms with van der Waals surface area (Å²) >= 11 is 14.8. The second-order valence-electron chi connectivity index (χ2n) is 12.0. The van der Waals surface area contributed by atoms with E-state index in [1.807, 2.05) is 36.0 Å². The molecule has 2 aromatic carbocycles. The number of hydrogen-bond acceptors (Lipinski definition) is 3. The van der Waals surface area contributed by atoms with Crippen LogP contribution in [0.3, 0.4) is 0 Å². The topological polar surface area (TPSA) is 21.3 Å². The molecule has 0 aliphatic carbocycles. The van der Waals surface area contributed by atoms with E-state index in [1.165, 1.54) is 5.56 Å². The minimum Gasteiger partial charge on any atom is -0.408 e. The minimum absolute atomic E-state index is 0.0483. The van der Waals surface area contributed by atoms with Crippen molar-refractivity contribution in [3.8, 4) is 0 Å². The van der Waals surface area contributed by atoms with Crippen molar-refractivity contribution in [2.75, 3.05) is 0 Å². The van der Waals surface area contributed by atoms with E-state index < -0.39 is 8.32 Å². The fourth-order valence-electron chi connectivity index (χ4n) is 3.99. The van der Waals surface area contributed by atoms with Crippen LogP contribution in [0.25, 0.3) is 0 Å². The predicted octanol–water partition coefficient (Wildman–Crippen LogP) is 10.1. The average molecular weight is 555 g/mol. The highest BCUT2D eigenvalue weighted by atomic mass is 35.5. The molecule has 0 unspecified atom stereocenters. The van der Waals surface area contributed by atoms with E-state index in [0.29, 0.717) is 11.3 Å². The first-order valence-corrected chi connectivity index (χ1v) is 17.2. The monoisotopic (exact) mass is 553 g/mol. The highest BCUT2D eigenvalue weighted by molar-refractivity contribution is 8.01. The Morgan fingerprint density at radius 2 is 1.51 bits per heavy atom. The van der Waals surface area contributed by atoms with Crippen LogP contribution < -0.4 is 5.32 Å². The summed E-state index contributed by atoms with van der Waals surface area (Å²) in [6.07, 6.45) is 0.841. The maximum Gasteiger partial charge on any atom is 0.193 e. The third-order valence-electron chi connectivity index (χ3n) is 6.88. The van der Waals surface area contributed by atoms with E-state index in [4.69, 9.17) is 27.6 Å². The fourth-order valence-corrected chi connectivity index (χ4v) is 7.13. The van der Waals surface area contributed by atoms with Gasteiger partial charge < -0.3 is 9.74 Å². The summed E-state index contributed by atoms with van der Waals surface area (Å²) in [5, 5.41) is 6.02. The first-order chi connectivity index (χ1) is 16.0. The van der Waals surface area contributed by atoms with Gasteiger partial charge in [-0.15, -0.1) is 0 Å². The lowest BCUT2D eigenvalue weighted by Gasteiger charge is -2.43. The quantitative estimate of drug-likeness (QED) is 0.295. The van der Waals surface area contributed by atoms with Gasteiger partial charge in [-0.05, 0) is 59.9 Å². The number of halogens is 2. The Morgan fingerprint density at radius 1 is 0.914 bits per heavy atom. The Morgan fingerprint density at radius 3 is 2.00 bits per heavy atom. The largest absolute Gasteiger partial charge is 0.408 e. The number of nitrogens with one attached hydrogen (secondary N) is 1. The van der Waals surface area contributed by atoms with Gasteiger partial charge in [0.2, 0.25) is 0 Å². The number of benzene rings is 2. The first kappa shape index (κ1) is 30.7. The van der Waals surface area contributed by atoms with E-state index in [1.54, 1.807) is 0 Å². The maximum atomic E-state index is 7.19. The van der Waals surface area contributed by atoms with Crippen molar-refractivity contribution in [3.05, 3.63) is 69.7 Å². The lowest BCUT2D eigenvalue weighted by molar-refractivity contribution is 0.129. The van der Waals surface area contributed by atoms with Crippen LogP contribution >= 0.6 is 35.0 Å². The van der Waals surface area contributed by atoms with Crippen molar-refractivity contribution >= 4 is 43.3 Å². The zero-order chi connectivity index (χ0) is 26.6. The third kappa shape index (κ3) is 9.09. The molecule has 0 radical (unpaired) electrons.